The van der Waals surface area contributed by atoms with Crippen LogP contribution >= 0.6 is 0 Å². The lowest BCUT2D eigenvalue weighted by Gasteiger charge is -2.13. The fraction of sp³-hybridized carbons (Fsp3) is 0.333. The molecule has 8 heteroatoms. The van der Waals surface area contributed by atoms with Crippen LogP contribution in [0.15, 0.2) is 29.1 Å². The fourth-order valence-corrected chi connectivity index (χ4v) is 2.79. The Balaban J connectivity index is 1.63. The number of hydrogen-bond donors (Lipinski definition) is 3. The number of nitrogens with one attached hydrogen (secondary N) is 2. The summed E-state index contributed by atoms with van der Waals surface area (Å²) in [5.74, 6) is 0.897. The van der Waals surface area contributed by atoms with Gasteiger partial charge in [0.25, 0.3) is 5.91 Å². The first kappa shape index (κ1) is 16.3. The van der Waals surface area contributed by atoms with Crippen molar-refractivity contribution >= 4 is 22.8 Å². The van der Waals surface area contributed by atoms with Gasteiger partial charge in [0.1, 0.15) is 23.7 Å². The molecule has 3 aromatic rings. The van der Waals surface area contributed by atoms with Crippen molar-refractivity contribution in [1.29, 1.82) is 0 Å². The number of nitrogens with zero attached hydrogens (tertiary/aromatic N) is 3. The van der Waals surface area contributed by atoms with Crippen LogP contribution < -0.4 is 10.6 Å². The first-order chi connectivity index (χ1) is 12.5. The lowest BCUT2D eigenvalue weighted by molar-refractivity contribution is 0.0950. The molecule has 1 saturated carbocycles. The van der Waals surface area contributed by atoms with Gasteiger partial charge in [0.2, 0.25) is 5.71 Å². The predicted octanol–water partition coefficient (Wildman–Crippen LogP) is 2.53. The Morgan fingerprint density at radius 3 is 2.81 bits per heavy atom. The van der Waals surface area contributed by atoms with Crippen LogP contribution in [0.1, 0.15) is 41.6 Å². The molecule has 1 amide bonds. The fourth-order valence-electron chi connectivity index (χ4n) is 2.79. The van der Waals surface area contributed by atoms with E-state index in [9.17, 15) is 9.90 Å². The minimum atomic E-state index is -0.282. The summed E-state index contributed by atoms with van der Waals surface area (Å²) >= 11 is 0. The van der Waals surface area contributed by atoms with E-state index in [0.29, 0.717) is 33.9 Å². The van der Waals surface area contributed by atoms with E-state index in [1.54, 1.807) is 13.0 Å². The highest BCUT2D eigenvalue weighted by atomic mass is 16.3. The lowest BCUT2D eigenvalue weighted by atomic mass is 10.1. The summed E-state index contributed by atoms with van der Waals surface area (Å²) in [5, 5.41) is 16.1. The highest BCUT2D eigenvalue weighted by Crippen LogP contribution is 2.40. The highest BCUT2D eigenvalue weighted by molar-refractivity contribution is 6.10. The van der Waals surface area contributed by atoms with Crippen molar-refractivity contribution in [2.24, 2.45) is 0 Å². The Morgan fingerprint density at radius 2 is 2.12 bits per heavy atom. The van der Waals surface area contributed by atoms with E-state index in [-0.39, 0.29) is 23.7 Å². The number of aromatic hydroxyl groups is 1. The molecule has 8 nitrogen and oxygen atoms in total. The van der Waals surface area contributed by atoms with E-state index >= 15 is 0 Å². The summed E-state index contributed by atoms with van der Waals surface area (Å²) < 4.78 is 5.66. The minimum absolute atomic E-state index is 0.0101. The number of aryl methyl sites for hydroxylation is 1. The standard InChI is InChI=1S/C18H19N5O3/c1-10-13(16(25)20-7-11-3-4-12(24)8-19-11)14-15(23-18(2)5-6-18)21-9-22-17(14)26-10/h3-4,8-9,24H,5-7H2,1-2H3,(H,20,25)(H,21,22,23). The molecule has 0 aromatic carbocycles. The molecule has 0 atom stereocenters. The van der Waals surface area contributed by atoms with Crippen molar-refractivity contribution in [2.75, 3.05) is 5.32 Å². The van der Waals surface area contributed by atoms with Gasteiger partial charge in [-0.25, -0.2) is 9.97 Å². The van der Waals surface area contributed by atoms with Crippen LogP contribution in [0.4, 0.5) is 5.82 Å². The zero-order chi connectivity index (χ0) is 18.3. The van der Waals surface area contributed by atoms with Gasteiger partial charge in [0, 0.05) is 5.54 Å². The summed E-state index contributed by atoms with van der Waals surface area (Å²) in [6.45, 7) is 4.08. The number of furan rings is 1. The number of amides is 1. The quantitative estimate of drug-likeness (QED) is 0.646. The van der Waals surface area contributed by atoms with Crippen molar-refractivity contribution in [3.05, 3.63) is 41.7 Å². The van der Waals surface area contributed by atoms with Gasteiger partial charge < -0.3 is 20.2 Å². The first-order valence-electron chi connectivity index (χ1n) is 8.39. The number of aromatic nitrogens is 3. The number of hydrogen-bond acceptors (Lipinski definition) is 7. The number of carbonyl (C=O) groups is 1. The van der Waals surface area contributed by atoms with Crippen molar-refractivity contribution in [1.82, 2.24) is 20.3 Å². The molecule has 134 valence electrons. The molecule has 1 fully saturated rings. The molecular formula is C18H19N5O3. The van der Waals surface area contributed by atoms with Gasteiger partial charge in [0.15, 0.2) is 0 Å². The molecule has 26 heavy (non-hydrogen) atoms. The smallest absolute Gasteiger partial charge is 0.255 e. The van der Waals surface area contributed by atoms with Gasteiger partial charge >= 0.3 is 0 Å². The van der Waals surface area contributed by atoms with Gasteiger partial charge in [-0.15, -0.1) is 0 Å². The summed E-state index contributed by atoms with van der Waals surface area (Å²) in [4.78, 5) is 25.3. The van der Waals surface area contributed by atoms with E-state index in [4.69, 9.17) is 4.42 Å². The van der Waals surface area contributed by atoms with E-state index in [1.165, 1.54) is 18.6 Å². The summed E-state index contributed by atoms with van der Waals surface area (Å²) in [5.41, 5.74) is 1.46. The molecule has 3 N–H and O–H groups in total. The Labute approximate surface area is 149 Å². The molecule has 3 heterocycles. The van der Waals surface area contributed by atoms with Crippen LogP contribution in [-0.4, -0.2) is 31.5 Å². The monoisotopic (exact) mass is 353 g/mol. The van der Waals surface area contributed by atoms with Gasteiger partial charge in [-0.2, -0.15) is 0 Å². The number of fused-ring (bicyclic) bond motifs is 1. The van der Waals surface area contributed by atoms with Crippen molar-refractivity contribution in [2.45, 2.75) is 38.8 Å². The van der Waals surface area contributed by atoms with Crippen LogP contribution in [0.3, 0.4) is 0 Å². The predicted molar refractivity (Wildman–Crippen MR) is 94.9 cm³/mol. The average molecular weight is 353 g/mol. The number of carbonyl (C=O) groups excluding carboxylic acids is 1. The van der Waals surface area contributed by atoms with E-state index in [2.05, 4.69) is 32.5 Å². The minimum Gasteiger partial charge on any atom is -0.506 e. The Hall–Kier alpha value is -3.16. The van der Waals surface area contributed by atoms with E-state index in [0.717, 1.165) is 12.8 Å². The van der Waals surface area contributed by atoms with Gasteiger partial charge in [-0.1, -0.05) is 0 Å². The molecule has 1 aliphatic carbocycles. The van der Waals surface area contributed by atoms with Gasteiger partial charge in [0.05, 0.1) is 29.4 Å². The van der Waals surface area contributed by atoms with Gasteiger partial charge in [-0.3, -0.25) is 9.78 Å². The molecule has 0 bridgehead atoms. The Kier molecular flexibility index (Phi) is 3.75. The zero-order valence-electron chi connectivity index (χ0n) is 14.5. The molecule has 0 aliphatic heterocycles. The summed E-state index contributed by atoms with van der Waals surface area (Å²) in [6.07, 6.45) is 4.89. The van der Waals surface area contributed by atoms with Crippen LogP contribution in [0.2, 0.25) is 0 Å². The Bertz CT molecular complexity index is 976. The number of anilines is 1. The molecule has 3 aromatic heterocycles. The maximum atomic E-state index is 12.8. The largest absolute Gasteiger partial charge is 0.506 e. The lowest BCUT2D eigenvalue weighted by Crippen LogP contribution is -2.24. The van der Waals surface area contributed by atoms with Crippen molar-refractivity contribution in [3.8, 4) is 5.75 Å². The third kappa shape index (κ3) is 3.05. The average Bonchev–Trinajstić information content (AvgIpc) is 3.23. The first-order valence-corrected chi connectivity index (χ1v) is 8.39. The summed E-state index contributed by atoms with van der Waals surface area (Å²) in [6, 6.07) is 3.18. The number of pyridine rings is 1. The van der Waals surface area contributed by atoms with Crippen molar-refractivity contribution in [3.63, 3.8) is 0 Å². The normalized spacial score (nSPS) is 15.0. The third-order valence-corrected chi connectivity index (χ3v) is 4.55. The van der Waals surface area contributed by atoms with E-state index in [1.807, 2.05) is 0 Å². The van der Waals surface area contributed by atoms with E-state index < -0.39 is 0 Å². The van der Waals surface area contributed by atoms with Crippen LogP contribution in [0, 0.1) is 6.92 Å². The van der Waals surface area contributed by atoms with Crippen LogP contribution in [0.25, 0.3) is 11.1 Å². The maximum absolute atomic E-state index is 12.8. The third-order valence-electron chi connectivity index (χ3n) is 4.55. The van der Waals surface area contributed by atoms with Gasteiger partial charge in [-0.05, 0) is 38.8 Å². The Morgan fingerprint density at radius 1 is 1.31 bits per heavy atom. The second-order valence-corrected chi connectivity index (χ2v) is 6.81. The highest BCUT2D eigenvalue weighted by Gasteiger charge is 2.38. The number of rotatable bonds is 5. The summed E-state index contributed by atoms with van der Waals surface area (Å²) in [7, 11) is 0. The second kappa shape index (κ2) is 5.98. The SMILES string of the molecule is Cc1oc2ncnc(NC3(C)CC3)c2c1C(=O)NCc1ccc(O)cn1. The zero-order valence-corrected chi connectivity index (χ0v) is 14.5. The molecule has 0 spiro atoms. The molecule has 0 radical (unpaired) electrons. The van der Waals surface area contributed by atoms with Crippen LogP contribution in [0.5, 0.6) is 5.75 Å². The molecule has 1 aliphatic rings. The van der Waals surface area contributed by atoms with Crippen LogP contribution in [-0.2, 0) is 6.54 Å². The second-order valence-electron chi connectivity index (χ2n) is 6.81. The topological polar surface area (TPSA) is 113 Å². The maximum Gasteiger partial charge on any atom is 0.255 e. The molecule has 4 rings (SSSR count). The molecule has 0 saturated heterocycles. The van der Waals surface area contributed by atoms with Crippen molar-refractivity contribution < 1.29 is 14.3 Å². The molecule has 0 unspecified atom stereocenters. The molecular weight excluding hydrogens is 334 g/mol.